The lowest BCUT2D eigenvalue weighted by atomic mass is 9.84. The number of nitrogens with one attached hydrogen (secondary N) is 1. The number of aliphatic carboxylic acids is 1. The lowest BCUT2D eigenvalue weighted by Crippen LogP contribution is -2.66. The maximum absolute atomic E-state index is 12.9. The van der Waals surface area contributed by atoms with Gasteiger partial charge in [-0.05, 0) is 6.07 Å². The minimum atomic E-state index is -5.43. The molecule has 0 aromatic carbocycles. The van der Waals surface area contributed by atoms with Crippen molar-refractivity contribution >= 4 is 25.5 Å². The standard InChI is InChI=1S/C21H33N4O15P/c1-8(11(29)6-26)17-14(23-9(2)27)10(28)5-21(39-17,19(32)33)40-41(35,36)37-7-12-15(30)16(31)18(38-12)25-4-3-13(22)24-20(25)34/h3-4,8,10-12,14-18,26,28-31H,5-7H2,1-2H3,(H,23,27)(H,32,33)(H,35,36)(H2,22,24,34)/t8-,10?,11-,12?,14?,15?,16?,17?,18?,21?/m1/s1. The number of carboxylic acid groups (broad SMARTS) is 1. The molecule has 1 aromatic heterocycles. The van der Waals surface area contributed by atoms with E-state index in [1.165, 1.54) is 13.0 Å². The van der Waals surface area contributed by atoms with Gasteiger partial charge in [-0.1, -0.05) is 6.92 Å². The quantitative estimate of drug-likeness (QED) is 0.108. The van der Waals surface area contributed by atoms with Crippen LogP contribution in [0.4, 0.5) is 5.82 Å². The van der Waals surface area contributed by atoms with Gasteiger partial charge in [0.05, 0.1) is 37.6 Å². The van der Waals surface area contributed by atoms with E-state index >= 15 is 0 Å². The second kappa shape index (κ2) is 12.8. The van der Waals surface area contributed by atoms with Crippen molar-refractivity contribution in [3.8, 4) is 0 Å². The summed E-state index contributed by atoms with van der Waals surface area (Å²) in [7, 11) is -5.43. The van der Waals surface area contributed by atoms with Crippen LogP contribution in [0.15, 0.2) is 17.1 Å². The first-order valence-corrected chi connectivity index (χ1v) is 13.7. The van der Waals surface area contributed by atoms with Gasteiger partial charge in [0.15, 0.2) is 6.23 Å². The summed E-state index contributed by atoms with van der Waals surface area (Å²) in [5.41, 5.74) is 4.50. The van der Waals surface area contributed by atoms with Crippen molar-refractivity contribution in [1.29, 1.82) is 0 Å². The summed E-state index contributed by atoms with van der Waals surface area (Å²) in [6, 6.07) is -0.0946. The molecule has 2 fully saturated rings. The number of carbonyl (C=O) groups excluding carboxylic acids is 1. The fourth-order valence-electron chi connectivity index (χ4n) is 4.53. The normalized spacial score (nSPS) is 34.9. The summed E-state index contributed by atoms with van der Waals surface area (Å²) in [4.78, 5) is 49.9. The molecule has 0 aliphatic carbocycles. The number of aromatic nitrogens is 2. The van der Waals surface area contributed by atoms with E-state index in [4.69, 9.17) is 24.3 Å². The van der Waals surface area contributed by atoms with Gasteiger partial charge < -0.3 is 56.1 Å². The Balaban J connectivity index is 1.79. The number of phosphoric ester groups is 1. The van der Waals surface area contributed by atoms with Crippen LogP contribution >= 0.6 is 7.82 Å². The number of phosphoric acid groups is 1. The van der Waals surface area contributed by atoms with Gasteiger partial charge in [0.2, 0.25) is 5.91 Å². The Bertz CT molecular complexity index is 1220. The SMILES string of the molecule is CC(=O)NC1C(O)CC(OP(=O)(O)OCC2OC(n3ccc(N)nc3=O)C(O)C2O)(C(=O)O)OC1[C@H](C)[C@H](O)CO. The van der Waals surface area contributed by atoms with Crippen LogP contribution in [0.5, 0.6) is 0 Å². The molecule has 2 aliphatic rings. The Morgan fingerprint density at radius 2 is 2.00 bits per heavy atom. The van der Waals surface area contributed by atoms with E-state index in [0.717, 1.165) is 17.7 Å². The molecule has 0 saturated carbocycles. The second-order valence-electron chi connectivity index (χ2n) is 9.69. The van der Waals surface area contributed by atoms with Crippen LogP contribution in [0.3, 0.4) is 0 Å². The third-order valence-electron chi connectivity index (χ3n) is 6.71. The van der Waals surface area contributed by atoms with Gasteiger partial charge in [0.25, 0.3) is 5.79 Å². The van der Waals surface area contributed by atoms with Crippen molar-refractivity contribution in [1.82, 2.24) is 14.9 Å². The Hall–Kier alpha value is -2.55. The van der Waals surface area contributed by atoms with Crippen molar-refractivity contribution in [2.75, 3.05) is 18.9 Å². The molecule has 3 heterocycles. The molecule has 0 radical (unpaired) electrons. The number of carboxylic acids is 1. The predicted octanol–water partition coefficient (Wildman–Crippen LogP) is -4.00. The number of hydrogen-bond acceptors (Lipinski definition) is 15. The Morgan fingerprint density at radius 3 is 2.56 bits per heavy atom. The minimum Gasteiger partial charge on any atom is -0.477 e. The van der Waals surface area contributed by atoms with Crippen LogP contribution < -0.4 is 16.7 Å². The zero-order valence-electron chi connectivity index (χ0n) is 21.8. The van der Waals surface area contributed by atoms with Gasteiger partial charge in [0, 0.05) is 25.5 Å². The fraction of sp³-hybridized carbons (Fsp3) is 0.714. The Morgan fingerprint density at radius 1 is 1.34 bits per heavy atom. The van der Waals surface area contributed by atoms with E-state index < -0.39 is 106 Å². The zero-order valence-corrected chi connectivity index (χ0v) is 22.7. The number of nitrogens with two attached hydrogens (primary N) is 1. The number of amides is 1. The number of rotatable bonds is 11. The monoisotopic (exact) mass is 612 g/mol. The lowest BCUT2D eigenvalue weighted by Gasteiger charge is -2.47. The zero-order chi connectivity index (χ0) is 30.9. The third-order valence-corrected chi connectivity index (χ3v) is 7.71. The molecular weight excluding hydrogens is 579 g/mol. The van der Waals surface area contributed by atoms with E-state index in [0.29, 0.717) is 0 Å². The smallest absolute Gasteiger partial charge is 0.475 e. The topological polar surface area (TPSA) is 303 Å². The van der Waals surface area contributed by atoms with E-state index in [2.05, 4.69) is 10.3 Å². The largest absolute Gasteiger partial charge is 0.477 e. The number of nitrogen functional groups attached to an aromatic ring is 1. The van der Waals surface area contributed by atoms with Crippen molar-refractivity contribution in [3.63, 3.8) is 0 Å². The highest BCUT2D eigenvalue weighted by Crippen LogP contribution is 2.51. The fourth-order valence-corrected chi connectivity index (χ4v) is 5.48. The van der Waals surface area contributed by atoms with Gasteiger partial charge in [-0.3, -0.25) is 13.9 Å². The first-order chi connectivity index (χ1) is 19.0. The molecule has 0 bridgehead atoms. The van der Waals surface area contributed by atoms with Gasteiger partial charge in [-0.25, -0.2) is 18.7 Å². The van der Waals surface area contributed by atoms with E-state index in [1.54, 1.807) is 0 Å². The first kappa shape index (κ1) is 33.0. The van der Waals surface area contributed by atoms with E-state index in [-0.39, 0.29) is 5.82 Å². The summed E-state index contributed by atoms with van der Waals surface area (Å²) < 4.78 is 34.3. The van der Waals surface area contributed by atoms with Crippen LogP contribution in [0.25, 0.3) is 0 Å². The second-order valence-corrected chi connectivity index (χ2v) is 11.1. The molecular formula is C21H33N4O15P. The highest BCUT2D eigenvalue weighted by atomic mass is 31.2. The number of nitrogens with zero attached hydrogens (tertiary/aromatic N) is 2. The molecule has 1 aromatic rings. The number of anilines is 1. The number of carbonyl (C=O) groups is 2. The van der Waals surface area contributed by atoms with Crippen LogP contribution in [0.1, 0.15) is 26.5 Å². The van der Waals surface area contributed by atoms with Gasteiger partial charge in [-0.15, -0.1) is 0 Å². The molecule has 11 atom stereocenters. The Kier molecular flexibility index (Phi) is 10.3. The number of ether oxygens (including phenoxy) is 2. The van der Waals surface area contributed by atoms with Crippen LogP contribution in [-0.2, 0) is 32.7 Å². The molecule has 0 spiro atoms. The first-order valence-electron chi connectivity index (χ1n) is 12.2. The van der Waals surface area contributed by atoms with E-state index in [1.807, 2.05) is 0 Å². The number of aliphatic hydroxyl groups excluding tert-OH is 5. The molecule has 3 rings (SSSR count). The number of hydrogen-bond donors (Lipinski definition) is 9. The van der Waals surface area contributed by atoms with Crippen molar-refractivity contribution in [2.24, 2.45) is 5.92 Å². The minimum absolute atomic E-state index is 0.120. The molecule has 10 N–H and O–H groups in total. The summed E-state index contributed by atoms with van der Waals surface area (Å²) >= 11 is 0. The molecule has 20 heteroatoms. The summed E-state index contributed by atoms with van der Waals surface area (Å²) in [5, 5.41) is 63.1. The molecule has 19 nitrogen and oxygen atoms in total. The van der Waals surface area contributed by atoms with Crippen LogP contribution in [0, 0.1) is 5.92 Å². The van der Waals surface area contributed by atoms with Crippen molar-refractivity contribution < 1.29 is 68.2 Å². The molecule has 2 aliphatic heterocycles. The van der Waals surface area contributed by atoms with Crippen molar-refractivity contribution in [2.45, 2.75) is 74.9 Å². The Labute approximate surface area is 231 Å². The third kappa shape index (κ3) is 7.27. The maximum Gasteiger partial charge on any atom is 0.475 e. The van der Waals surface area contributed by atoms with Crippen LogP contribution in [0.2, 0.25) is 0 Å². The molecule has 41 heavy (non-hydrogen) atoms. The average molecular weight is 612 g/mol. The highest BCUT2D eigenvalue weighted by molar-refractivity contribution is 7.47. The van der Waals surface area contributed by atoms with Gasteiger partial charge in [0.1, 0.15) is 24.1 Å². The predicted molar refractivity (Wildman–Crippen MR) is 131 cm³/mol. The number of aliphatic hydroxyl groups is 5. The summed E-state index contributed by atoms with van der Waals surface area (Å²) in [6.45, 7) is 0.642. The van der Waals surface area contributed by atoms with Gasteiger partial charge >= 0.3 is 19.5 Å². The summed E-state index contributed by atoms with van der Waals surface area (Å²) in [5.74, 6) is -6.94. The molecule has 1 amide bonds. The molecule has 2 saturated heterocycles. The van der Waals surface area contributed by atoms with Crippen molar-refractivity contribution in [3.05, 3.63) is 22.7 Å². The molecule has 232 valence electrons. The van der Waals surface area contributed by atoms with Crippen LogP contribution in [-0.4, -0.2) is 119 Å². The average Bonchev–Trinajstić information content (AvgIpc) is 3.16. The van der Waals surface area contributed by atoms with Gasteiger partial charge in [-0.2, -0.15) is 4.98 Å². The van der Waals surface area contributed by atoms with E-state index in [9.17, 15) is 54.5 Å². The highest BCUT2D eigenvalue weighted by Gasteiger charge is 2.58. The maximum atomic E-state index is 12.9. The molecule has 9 unspecified atom stereocenters. The lowest BCUT2D eigenvalue weighted by molar-refractivity contribution is -0.281. The summed E-state index contributed by atoms with van der Waals surface area (Å²) in [6.07, 6.45) is -11.2.